The Morgan fingerprint density at radius 3 is 1.69 bits per heavy atom. The minimum atomic E-state index is -0.453. The van der Waals surface area contributed by atoms with Crippen LogP contribution in [0.3, 0.4) is 0 Å². The van der Waals surface area contributed by atoms with Crippen molar-refractivity contribution in [1.29, 1.82) is 0 Å². The quantitative estimate of drug-likeness (QED) is 0.168. The number of rotatable bonds is 6. The molecule has 0 spiro atoms. The fraction of sp³-hybridized carbons (Fsp3) is 0.0182. The topological polar surface area (TPSA) is 16.4 Å². The molecular weight excluding hydrogens is 723 g/mol. The van der Waals surface area contributed by atoms with Gasteiger partial charge in [-0.2, -0.15) is 0 Å². The molecule has 0 unspecified atom stereocenters. The molecule has 0 saturated heterocycles. The van der Waals surface area contributed by atoms with Gasteiger partial charge in [-0.15, -0.1) is 11.3 Å². The van der Waals surface area contributed by atoms with Crippen LogP contribution in [0, 0.1) is 0 Å². The lowest BCUT2D eigenvalue weighted by atomic mass is 9.68. The molecule has 0 bridgehead atoms. The molecule has 1 aliphatic rings. The first-order valence-corrected chi connectivity index (χ1v) is 20.6. The normalized spacial score (nSPS) is 13.0. The maximum absolute atomic E-state index is 6.45. The molecule has 0 radical (unpaired) electrons. The molecule has 2 aromatic heterocycles. The van der Waals surface area contributed by atoms with E-state index in [1.165, 1.54) is 53.6 Å². The molecule has 1 aliphatic carbocycles. The summed E-state index contributed by atoms with van der Waals surface area (Å²) in [5, 5.41) is 4.84. The van der Waals surface area contributed by atoms with Gasteiger partial charge in [0.15, 0.2) is 0 Å². The zero-order valence-electron chi connectivity index (χ0n) is 31.5. The molecule has 0 N–H and O–H groups in total. The average molecular weight is 758 g/mol. The first-order valence-electron chi connectivity index (χ1n) is 19.8. The van der Waals surface area contributed by atoms with Gasteiger partial charge in [0.1, 0.15) is 11.2 Å². The van der Waals surface area contributed by atoms with Crippen molar-refractivity contribution >= 4 is 70.5 Å². The summed E-state index contributed by atoms with van der Waals surface area (Å²) < 4.78 is 9.04. The highest BCUT2D eigenvalue weighted by Crippen LogP contribution is 2.56. The zero-order valence-corrected chi connectivity index (χ0v) is 32.3. The zero-order chi connectivity index (χ0) is 38.2. The number of hydrogen-bond donors (Lipinski definition) is 0. The van der Waals surface area contributed by atoms with Crippen molar-refractivity contribution in [1.82, 2.24) is 0 Å². The minimum absolute atomic E-state index is 0.453. The number of anilines is 3. The summed E-state index contributed by atoms with van der Waals surface area (Å²) in [4.78, 5) is 2.40. The van der Waals surface area contributed by atoms with E-state index in [2.05, 4.69) is 205 Å². The van der Waals surface area contributed by atoms with E-state index in [9.17, 15) is 0 Å². The third-order valence-electron chi connectivity index (χ3n) is 12.2. The second kappa shape index (κ2) is 12.9. The number of thiophene rings is 1. The van der Waals surface area contributed by atoms with E-state index in [0.717, 1.165) is 50.1 Å². The molecule has 3 heteroatoms. The van der Waals surface area contributed by atoms with E-state index in [0.29, 0.717) is 0 Å². The van der Waals surface area contributed by atoms with Gasteiger partial charge in [-0.1, -0.05) is 158 Å². The molecule has 0 amide bonds. The second-order valence-electron chi connectivity index (χ2n) is 15.2. The van der Waals surface area contributed by atoms with Crippen molar-refractivity contribution in [2.24, 2.45) is 0 Å². The van der Waals surface area contributed by atoms with Crippen molar-refractivity contribution in [3.05, 3.63) is 235 Å². The molecule has 2 nitrogen and oxygen atoms in total. The summed E-state index contributed by atoms with van der Waals surface area (Å²) in [6.45, 7) is 0. The van der Waals surface area contributed by atoms with Gasteiger partial charge >= 0.3 is 0 Å². The Labute approximate surface area is 340 Å². The van der Waals surface area contributed by atoms with Gasteiger partial charge in [-0.3, -0.25) is 0 Å². The SMILES string of the molecule is c1ccc(C2(c3ccc(N(c4ccc(-c5cccc6c5oc5ccccc56)cc4)c4ccc5sc6ccccc6c5c4)cc3)c3ccccc3-c3ccccc32)cc1. The summed E-state index contributed by atoms with van der Waals surface area (Å²) in [6.07, 6.45) is 0. The Morgan fingerprint density at radius 1 is 0.379 bits per heavy atom. The summed E-state index contributed by atoms with van der Waals surface area (Å²) >= 11 is 1.85. The van der Waals surface area contributed by atoms with Gasteiger partial charge in [-0.25, -0.2) is 0 Å². The second-order valence-corrected chi connectivity index (χ2v) is 16.3. The van der Waals surface area contributed by atoms with Crippen molar-refractivity contribution < 1.29 is 4.42 Å². The third kappa shape index (κ3) is 4.84. The van der Waals surface area contributed by atoms with Crippen molar-refractivity contribution in [3.63, 3.8) is 0 Å². The fourth-order valence-electron chi connectivity index (χ4n) is 9.64. The predicted molar refractivity (Wildman–Crippen MR) is 244 cm³/mol. The van der Waals surface area contributed by atoms with Crippen LogP contribution < -0.4 is 4.90 Å². The molecule has 2 heterocycles. The Hall–Kier alpha value is -7.20. The monoisotopic (exact) mass is 757 g/mol. The molecule has 272 valence electrons. The van der Waals surface area contributed by atoms with E-state index in [-0.39, 0.29) is 0 Å². The molecule has 0 fully saturated rings. The average Bonchev–Trinajstić information content (AvgIpc) is 3.96. The highest BCUT2D eigenvalue weighted by atomic mass is 32.1. The van der Waals surface area contributed by atoms with Crippen LogP contribution in [-0.4, -0.2) is 0 Å². The predicted octanol–water partition coefficient (Wildman–Crippen LogP) is 15.5. The lowest BCUT2D eigenvalue weighted by Crippen LogP contribution is -2.28. The largest absolute Gasteiger partial charge is 0.455 e. The van der Waals surface area contributed by atoms with Crippen LogP contribution in [0.25, 0.3) is 64.4 Å². The minimum Gasteiger partial charge on any atom is -0.455 e. The molecule has 0 saturated carbocycles. The van der Waals surface area contributed by atoms with E-state index in [1.54, 1.807) is 0 Å². The van der Waals surface area contributed by atoms with Gasteiger partial charge in [0.05, 0.1) is 5.41 Å². The number of furan rings is 1. The van der Waals surface area contributed by atoms with Crippen LogP contribution in [0.5, 0.6) is 0 Å². The smallest absolute Gasteiger partial charge is 0.143 e. The fourth-order valence-corrected chi connectivity index (χ4v) is 10.7. The maximum Gasteiger partial charge on any atom is 0.143 e. The van der Waals surface area contributed by atoms with Crippen LogP contribution in [-0.2, 0) is 5.41 Å². The van der Waals surface area contributed by atoms with Gasteiger partial charge < -0.3 is 9.32 Å². The van der Waals surface area contributed by atoms with Gasteiger partial charge in [-0.05, 0) is 93.5 Å². The summed E-state index contributed by atoms with van der Waals surface area (Å²) in [5.41, 5.74) is 14.6. The van der Waals surface area contributed by atoms with Crippen molar-refractivity contribution in [2.75, 3.05) is 4.90 Å². The van der Waals surface area contributed by atoms with Gasteiger partial charge in [0.2, 0.25) is 0 Å². The molecule has 58 heavy (non-hydrogen) atoms. The molecule has 12 rings (SSSR count). The van der Waals surface area contributed by atoms with Crippen LogP contribution in [0.2, 0.25) is 0 Å². The number of hydrogen-bond acceptors (Lipinski definition) is 3. The van der Waals surface area contributed by atoms with Gasteiger partial charge in [0.25, 0.3) is 0 Å². The maximum atomic E-state index is 6.45. The number of benzene rings is 9. The highest BCUT2D eigenvalue weighted by Gasteiger charge is 2.45. The summed E-state index contributed by atoms with van der Waals surface area (Å²) in [6, 6.07) is 77.5. The molecule has 11 aromatic rings. The van der Waals surface area contributed by atoms with Crippen LogP contribution in [0.15, 0.2) is 217 Å². The molecule has 0 aliphatic heterocycles. The Bertz CT molecular complexity index is 3290. The Morgan fingerprint density at radius 2 is 0.931 bits per heavy atom. The van der Waals surface area contributed by atoms with Gasteiger partial charge in [0, 0.05) is 53.6 Å². The van der Waals surface area contributed by atoms with E-state index in [4.69, 9.17) is 4.42 Å². The number of para-hydroxylation sites is 2. The molecule has 9 aromatic carbocycles. The third-order valence-corrected chi connectivity index (χ3v) is 13.3. The van der Waals surface area contributed by atoms with Crippen LogP contribution in [0.4, 0.5) is 17.1 Å². The van der Waals surface area contributed by atoms with E-state index < -0.39 is 5.41 Å². The standard InChI is InChI=1S/C55H35NOS/c1-2-13-37(14-3-1)55(49-21-8-4-15-43(49)44-16-5-9-22-50(44)55)38-27-31-40(32-28-38)56(41-33-34-53-48(35-41)46-18-7-11-24-52(46)58-53)39-29-25-36(26-30-39)42-19-12-20-47-45-17-6-10-23-51(45)57-54(42)47/h1-35H. The Balaban J connectivity index is 1.03. The molecule has 0 atom stereocenters. The Kier molecular flexibility index (Phi) is 7.35. The first kappa shape index (κ1) is 33.0. The van der Waals surface area contributed by atoms with Crippen LogP contribution >= 0.6 is 11.3 Å². The molecular formula is C55H35NOS. The van der Waals surface area contributed by atoms with E-state index >= 15 is 0 Å². The first-order chi connectivity index (χ1) is 28.8. The van der Waals surface area contributed by atoms with Crippen molar-refractivity contribution in [3.8, 4) is 22.3 Å². The van der Waals surface area contributed by atoms with E-state index in [1.807, 2.05) is 23.5 Å². The summed E-state index contributed by atoms with van der Waals surface area (Å²) in [7, 11) is 0. The van der Waals surface area contributed by atoms with Crippen molar-refractivity contribution in [2.45, 2.75) is 5.41 Å². The lowest BCUT2D eigenvalue weighted by Gasteiger charge is -2.34. The highest BCUT2D eigenvalue weighted by molar-refractivity contribution is 7.25. The summed E-state index contributed by atoms with van der Waals surface area (Å²) in [5.74, 6) is 0. The number of fused-ring (bicyclic) bond motifs is 9. The van der Waals surface area contributed by atoms with Crippen LogP contribution in [0.1, 0.15) is 22.3 Å². The lowest BCUT2D eigenvalue weighted by molar-refractivity contribution is 0.670. The number of nitrogens with zero attached hydrogens (tertiary/aromatic N) is 1.